The Hall–Kier alpha value is -2.27. The van der Waals surface area contributed by atoms with Crippen LogP contribution in [0.4, 0.5) is 4.39 Å². The average Bonchev–Trinajstić information content (AvgIpc) is 2.58. The summed E-state index contributed by atoms with van der Waals surface area (Å²) in [6, 6.07) is 9.55. The molecular weight excluding hydrogens is 345 g/mol. The number of carbonyl (C=O) groups excluding carboxylic acids is 1. The van der Waals surface area contributed by atoms with Crippen molar-refractivity contribution < 1.29 is 18.7 Å². The summed E-state index contributed by atoms with van der Waals surface area (Å²) in [7, 11) is 1.56. The Morgan fingerprint density at radius 2 is 2.04 bits per heavy atom. The van der Waals surface area contributed by atoms with E-state index in [-0.39, 0.29) is 29.0 Å². The van der Waals surface area contributed by atoms with E-state index in [2.05, 4.69) is 5.32 Å². The van der Waals surface area contributed by atoms with Crippen LogP contribution in [0.1, 0.15) is 31.0 Å². The summed E-state index contributed by atoms with van der Waals surface area (Å²) in [6.45, 7) is 4.27. The quantitative estimate of drug-likeness (QED) is 0.795. The maximum Gasteiger partial charge on any atom is 0.225 e. The second-order valence-electron chi connectivity index (χ2n) is 5.51. The predicted molar refractivity (Wildman–Crippen MR) is 95.8 cm³/mol. The Labute approximate surface area is 151 Å². The highest BCUT2D eigenvalue weighted by molar-refractivity contribution is 6.31. The van der Waals surface area contributed by atoms with E-state index in [0.717, 1.165) is 5.56 Å². The molecule has 0 aliphatic rings. The third kappa shape index (κ3) is 4.86. The van der Waals surface area contributed by atoms with Gasteiger partial charge in [0.1, 0.15) is 5.82 Å². The lowest BCUT2D eigenvalue weighted by molar-refractivity contribution is -0.121. The largest absolute Gasteiger partial charge is 0.493 e. The fourth-order valence-corrected chi connectivity index (χ4v) is 2.70. The standard InChI is InChI=1S/C19H21ClFNO3/c1-4-25-17-9-8-13(10-18(17)24-3)12(2)22-19(23)11-14-15(20)6-5-7-16(14)21/h5-10,12H,4,11H2,1-3H3,(H,22,23). The number of halogens is 2. The van der Waals surface area contributed by atoms with Crippen molar-refractivity contribution in [2.24, 2.45) is 0 Å². The van der Waals surface area contributed by atoms with Crippen molar-refractivity contribution in [1.82, 2.24) is 5.32 Å². The number of ether oxygens (including phenoxy) is 2. The Balaban J connectivity index is 2.08. The number of carbonyl (C=O) groups is 1. The lowest BCUT2D eigenvalue weighted by Crippen LogP contribution is -2.28. The summed E-state index contributed by atoms with van der Waals surface area (Å²) in [4.78, 5) is 12.2. The summed E-state index contributed by atoms with van der Waals surface area (Å²) >= 11 is 5.96. The number of hydrogen-bond donors (Lipinski definition) is 1. The first kappa shape index (κ1) is 19.1. The maximum absolute atomic E-state index is 13.8. The van der Waals surface area contributed by atoms with Gasteiger partial charge in [0.05, 0.1) is 26.2 Å². The predicted octanol–water partition coefficient (Wildman–Crippen LogP) is 4.31. The van der Waals surface area contributed by atoms with Crippen molar-refractivity contribution in [1.29, 1.82) is 0 Å². The summed E-state index contributed by atoms with van der Waals surface area (Å²) < 4.78 is 24.6. The summed E-state index contributed by atoms with van der Waals surface area (Å²) in [5, 5.41) is 3.08. The van der Waals surface area contributed by atoms with E-state index in [0.29, 0.717) is 18.1 Å². The second kappa shape index (κ2) is 8.72. The monoisotopic (exact) mass is 365 g/mol. The topological polar surface area (TPSA) is 47.6 Å². The van der Waals surface area contributed by atoms with Crippen LogP contribution in [0.25, 0.3) is 0 Å². The van der Waals surface area contributed by atoms with Crippen LogP contribution in [0.5, 0.6) is 11.5 Å². The third-order valence-corrected chi connectivity index (χ3v) is 4.12. The van der Waals surface area contributed by atoms with E-state index < -0.39 is 5.82 Å². The van der Waals surface area contributed by atoms with Crippen LogP contribution in [-0.4, -0.2) is 19.6 Å². The Bertz CT molecular complexity index is 731. The molecule has 0 aromatic heterocycles. The summed E-state index contributed by atoms with van der Waals surface area (Å²) in [6.07, 6.45) is -0.121. The van der Waals surface area contributed by atoms with Gasteiger partial charge in [-0.05, 0) is 43.7 Å². The average molecular weight is 366 g/mol. The fourth-order valence-electron chi connectivity index (χ4n) is 2.47. The molecule has 1 amide bonds. The highest BCUT2D eigenvalue weighted by Crippen LogP contribution is 2.30. The van der Waals surface area contributed by atoms with Crippen molar-refractivity contribution in [3.8, 4) is 11.5 Å². The van der Waals surface area contributed by atoms with Crippen molar-refractivity contribution >= 4 is 17.5 Å². The number of rotatable bonds is 7. The van der Waals surface area contributed by atoms with Crippen LogP contribution in [0.3, 0.4) is 0 Å². The molecule has 0 fully saturated rings. The van der Waals surface area contributed by atoms with Gasteiger partial charge in [-0.2, -0.15) is 0 Å². The minimum absolute atomic E-state index is 0.121. The van der Waals surface area contributed by atoms with E-state index in [1.807, 2.05) is 26.0 Å². The Morgan fingerprint density at radius 3 is 2.68 bits per heavy atom. The zero-order valence-electron chi connectivity index (χ0n) is 14.4. The van der Waals surface area contributed by atoms with Crippen LogP contribution >= 0.6 is 11.6 Å². The number of hydrogen-bond acceptors (Lipinski definition) is 3. The number of nitrogens with one attached hydrogen (secondary N) is 1. The van der Waals surface area contributed by atoms with E-state index in [1.54, 1.807) is 19.2 Å². The van der Waals surface area contributed by atoms with Crippen LogP contribution in [-0.2, 0) is 11.2 Å². The molecule has 25 heavy (non-hydrogen) atoms. The first-order chi connectivity index (χ1) is 12.0. The van der Waals surface area contributed by atoms with Crippen molar-refractivity contribution in [3.05, 3.63) is 58.4 Å². The van der Waals surface area contributed by atoms with E-state index in [9.17, 15) is 9.18 Å². The van der Waals surface area contributed by atoms with E-state index >= 15 is 0 Å². The molecule has 0 heterocycles. The third-order valence-electron chi connectivity index (χ3n) is 3.76. The summed E-state index contributed by atoms with van der Waals surface area (Å²) in [5.41, 5.74) is 1.05. The van der Waals surface area contributed by atoms with Gasteiger partial charge in [-0.3, -0.25) is 4.79 Å². The van der Waals surface area contributed by atoms with Crippen molar-refractivity contribution in [2.45, 2.75) is 26.3 Å². The molecule has 1 N–H and O–H groups in total. The molecule has 0 saturated carbocycles. The van der Waals surface area contributed by atoms with E-state index in [1.165, 1.54) is 12.1 Å². The molecule has 1 unspecified atom stereocenters. The number of amides is 1. The van der Waals surface area contributed by atoms with Crippen molar-refractivity contribution in [2.75, 3.05) is 13.7 Å². The normalized spacial score (nSPS) is 11.7. The molecule has 2 aromatic carbocycles. The minimum atomic E-state index is -0.488. The minimum Gasteiger partial charge on any atom is -0.493 e. The fraction of sp³-hybridized carbons (Fsp3) is 0.316. The van der Waals surface area contributed by atoms with Gasteiger partial charge in [0.2, 0.25) is 5.91 Å². The lowest BCUT2D eigenvalue weighted by Gasteiger charge is -2.17. The highest BCUT2D eigenvalue weighted by atomic mass is 35.5. The zero-order valence-corrected chi connectivity index (χ0v) is 15.2. The van der Waals surface area contributed by atoms with Gasteiger partial charge in [-0.25, -0.2) is 4.39 Å². The molecule has 0 bridgehead atoms. The van der Waals surface area contributed by atoms with Crippen LogP contribution < -0.4 is 14.8 Å². The van der Waals surface area contributed by atoms with Gasteiger partial charge in [-0.1, -0.05) is 23.7 Å². The van der Waals surface area contributed by atoms with Crippen molar-refractivity contribution in [3.63, 3.8) is 0 Å². The maximum atomic E-state index is 13.8. The van der Waals surface area contributed by atoms with Gasteiger partial charge < -0.3 is 14.8 Å². The molecule has 0 aliphatic carbocycles. The SMILES string of the molecule is CCOc1ccc(C(C)NC(=O)Cc2c(F)cccc2Cl)cc1OC. The highest BCUT2D eigenvalue weighted by Gasteiger charge is 2.16. The summed E-state index contributed by atoms with van der Waals surface area (Å²) in [5.74, 6) is 0.438. The molecule has 0 spiro atoms. The van der Waals surface area contributed by atoms with E-state index in [4.69, 9.17) is 21.1 Å². The number of benzene rings is 2. The lowest BCUT2D eigenvalue weighted by atomic mass is 10.1. The Morgan fingerprint density at radius 1 is 1.28 bits per heavy atom. The first-order valence-corrected chi connectivity index (χ1v) is 8.37. The molecular formula is C19H21ClFNO3. The van der Waals surface area contributed by atoms with Gasteiger partial charge in [0, 0.05) is 10.6 Å². The molecule has 6 heteroatoms. The van der Waals surface area contributed by atoms with Crippen LogP contribution in [0, 0.1) is 5.82 Å². The molecule has 2 rings (SSSR count). The Kier molecular flexibility index (Phi) is 6.65. The first-order valence-electron chi connectivity index (χ1n) is 7.99. The molecule has 0 saturated heterocycles. The molecule has 4 nitrogen and oxygen atoms in total. The molecule has 2 aromatic rings. The molecule has 134 valence electrons. The second-order valence-corrected chi connectivity index (χ2v) is 5.92. The van der Waals surface area contributed by atoms with Gasteiger partial charge in [-0.15, -0.1) is 0 Å². The van der Waals surface area contributed by atoms with Gasteiger partial charge in [0.15, 0.2) is 11.5 Å². The molecule has 0 aliphatic heterocycles. The number of methoxy groups -OCH3 is 1. The molecule has 1 atom stereocenters. The van der Waals surface area contributed by atoms with Crippen LogP contribution in [0.15, 0.2) is 36.4 Å². The van der Waals surface area contributed by atoms with Gasteiger partial charge in [0.25, 0.3) is 0 Å². The smallest absolute Gasteiger partial charge is 0.225 e. The zero-order chi connectivity index (χ0) is 18.4. The molecule has 0 radical (unpaired) electrons. The van der Waals surface area contributed by atoms with Gasteiger partial charge >= 0.3 is 0 Å². The van der Waals surface area contributed by atoms with Crippen LogP contribution in [0.2, 0.25) is 5.02 Å².